The number of aliphatic hydroxyl groups is 1. The van der Waals surface area contributed by atoms with E-state index in [1.54, 1.807) is 0 Å². The number of carbonyl (C=O) groups excluding carboxylic acids is 1. The SMILES string of the molecule is CCCC(C)(NCCCO)C(=O)N1CCSCC1. The number of rotatable bonds is 7. The minimum absolute atomic E-state index is 0.170. The number of carbonyl (C=O) groups is 1. The Morgan fingerprint density at radius 1 is 1.44 bits per heavy atom. The van der Waals surface area contributed by atoms with E-state index in [2.05, 4.69) is 12.2 Å². The van der Waals surface area contributed by atoms with Crippen LogP contribution in [0.1, 0.15) is 33.1 Å². The van der Waals surface area contributed by atoms with Crippen LogP contribution >= 0.6 is 11.8 Å². The zero-order valence-corrected chi connectivity index (χ0v) is 12.4. The van der Waals surface area contributed by atoms with E-state index in [9.17, 15) is 4.79 Å². The molecule has 0 bridgehead atoms. The number of aliphatic hydroxyl groups excluding tert-OH is 1. The van der Waals surface area contributed by atoms with Crippen LogP contribution in [0.5, 0.6) is 0 Å². The van der Waals surface area contributed by atoms with Gasteiger partial charge in [0.2, 0.25) is 5.91 Å². The molecule has 1 aliphatic rings. The van der Waals surface area contributed by atoms with Crippen LogP contribution in [0.25, 0.3) is 0 Å². The fourth-order valence-corrected chi connectivity index (χ4v) is 3.23. The van der Waals surface area contributed by atoms with Gasteiger partial charge in [0.05, 0.1) is 5.54 Å². The van der Waals surface area contributed by atoms with Crippen LogP contribution < -0.4 is 5.32 Å². The maximum absolute atomic E-state index is 12.6. The summed E-state index contributed by atoms with van der Waals surface area (Å²) in [4.78, 5) is 14.6. The maximum atomic E-state index is 12.6. The highest BCUT2D eigenvalue weighted by molar-refractivity contribution is 7.99. The highest BCUT2D eigenvalue weighted by Crippen LogP contribution is 2.19. The zero-order valence-electron chi connectivity index (χ0n) is 11.6. The molecule has 4 nitrogen and oxygen atoms in total. The van der Waals surface area contributed by atoms with Crippen LogP contribution in [0, 0.1) is 0 Å². The molecule has 1 fully saturated rings. The van der Waals surface area contributed by atoms with Gasteiger partial charge >= 0.3 is 0 Å². The zero-order chi connectivity index (χ0) is 13.4. The minimum Gasteiger partial charge on any atom is -0.396 e. The van der Waals surface area contributed by atoms with E-state index < -0.39 is 5.54 Å². The molecule has 0 saturated carbocycles. The molecule has 1 amide bonds. The molecule has 2 N–H and O–H groups in total. The lowest BCUT2D eigenvalue weighted by Gasteiger charge is -2.37. The first kappa shape index (κ1) is 15.8. The van der Waals surface area contributed by atoms with E-state index in [0.29, 0.717) is 13.0 Å². The number of nitrogens with zero attached hydrogens (tertiary/aromatic N) is 1. The van der Waals surface area contributed by atoms with Gasteiger partial charge in [0.15, 0.2) is 0 Å². The topological polar surface area (TPSA) is 52.6 Å². The monoisotopic (exact) mass is 274 g/mol. The predicted octanol–water partition coefficient (Wildman–Crippen LogP) is 1.09. The summed E-state index contributed by atoms with van der Waals surface area (Å²) < 4.78 is 0. The Morgan fingerprint density at radius 2 is 2.11 bits per heavy atom. The Morgan fingerprint density at radius 3 is 2.67 bits per heavy atom. The largest absolute Gasteiger partial charge is 0.396 e. The third-order valence-electron chi connectivity index (χ3n) is 3.37. The fourth-order valence-electron chi connectivity index (χ4n) is 2.33. The summed E-state index contributed by atoms with van der Waals surface area (Å²) in [5, 5.41) is 12.2. The van der Waals surface area contributed by atoms with Crippen LogP contribution in [0.3, 0.4) is 0 Å². The lowest BCUT2D eigenvalue weighted by atomic mass is 9.93. The third kappa shape index (κ3) is 4.44. The van der Waals surface area contributed by atoms with E-state index in [0.717, 1.165) is 37.4 Å². The van der Waals surface area contributed by atoms with Crippen molar-refractivity contribution in [3.63, 3.8) is 0 Å². The smallest absolute Gasteiger partial charge is 0.242 e. The van der Waals surface area contributed by atoms with Crippen molar-refractivity contribution in [3.8, 4) is 0 Å². The van der Waals surface area contributed by atoms with E-state index in [4.69, 9.17) is 5.11 Å². The van der Waals surface area contributed by atoms with Gasteiger partial charge < -0.3 is 15.3 Å². The van der Waals surface area contributed by atoms with E-state index in [-0.39, 0.29) is 12.5 Å². The van der Waals surface area contributed by atoms with Crippen LogP contribution in [-0.4, -0.2) is 59.2 Å². The van der Waals surface area contributed by atoms with Crippen LogP contribution in [-0.2, 0) is 4.79 Å². The first-order valence-corrected chi connectivity index (χ1v) is 8.02. The Balaban J connectivity index is 2.59. The molecular weight excluding hydrogens is 248 g/mol. The normalized spacial score (nSPS) is 19.6. The van der Waals surface area contributed by atoms with Gasteiger partial charge in [-0.25, -0.2) is 0 Å². The standard InChI is InChI=1S/C13H26N2O2S/c1-3-5-13(2,14-6-4-9-16)12(17)15-7-10-18-11-8-15/h14,16H,3-11H2,1-2H3. The van der Waals surface area contributed by atoms with Crippen molar-refractivity contribution < 1.29 is 9.90 Å². The van der Waals surface area contributed by atoms with Crippen molar-refractivity contribution in [2.24, 2.45) is 0 Å². The molecule has 106 valence electrons. The molecule has 1 rings (SSSR count). The average molecular weight is 274 g/mol. The highest BCUT2D eigenvalue weighted by atomic mass is 32.2. The Kier molecular flexibility index (Phi) is 7.04. The maximum Gasteiger partial charge on any atom is 0.242 e. The van der Waals surface area contributed by atoms with Gasteiger partial charge in [-0.05, 0) is 26.3 Å². The molecule has 1 heterocycles. The summed E-state index contributed by atoms with van der Waals surface area (Å²) in [6.07, 6.45) is 2.53. The molecule has 18 heavy (non-hydrogen) atoms. The Bertz CT molecular complexity index is 257. The van der Waals surface area contributed by atoms with Crippen LogP contribution in [0.15, 0.2) is 0 Å². The first-order chi connectivity index (χ1) is 8.64. The quantitative estimate of drug-likeness (QED) is 0.683. The molecule has 0 aliphatic carbocycles. The molecule has 1 unspecified atom stereocenters. The van der Waals surface area contributed by atoms with E-state index in [1.807, 2.05) is 23.6 Å². The van der Waals surface area contributed by atoms with Crippen molar-refractivity contribution in [2.75, 3.05) is 37.7 Å². The van der Waals surface area contributed by atoms with Crippen molar-refractivity contribution in [3.05, 3.63) is 0 Å². The molecule has 5 heteroatoms. The van der Waals surface area contributed by atoms with Crippen molar-refractivity contribution in [1.82, 2.24) is 10.2 Å². The second-order valence-electron chi connectivity index (χ2n) is 4.99. The number of amides is 1. The second-order valence-corrected chi connectivity index (χ2v) is 6.22. The molecule has 0 aromatic carbocycles. The van der Waals surface area contributed by atoms with Gasteiger partial charge in [-0.3, -0.25) is 4.79 Å². The molecule has 1 atom stereocenters. The van der Waals surface area contributed by atoms with E-state index >= 15 is 0 Å². The molecule has 1 aliphatic heterocycles. The van der Waals surface area contributed by atoms with Crippen LogP contribution in [0.2, 0.25) is 0 Å². The van der Waals surface area contributed by atoms with Gasteiger partial charge in [0, 0.05) is 31.2 Å². The summed E-state index contributed by atoms with van der Waals surface area (Å²) in [6, 6.07) is 0. The molecule has 0 aromatic heterocycles. The van der Waals surface area contributed by atoms with Gasteiger partial charge in [-0.1, -0.05) is 13.3 Å². The van der Waals surface area contributed by atoms with Crippen molar-refractivity contribution in [1.29, 1.82) is 0 Å². The molecule has 1 saturated heterocycles. The van der Waals surface area contributed by atoms with Gasteiger partial charge in [-0.2, -0.15) is 11.8 Å². The summed E-state index contributed by atoms with van der Waals surface area (Å²) in [5.41, 5.74) is -0.466. The van der Waals surface area contributed by atoms with Gasteiger partial charge in [0.25, 0.3) is 0 Å². The van der Waals surface area contributed by atoms with Crippen LogP contribution in [0.4, 0.5) is 0 Å². The lowest BCUT2D eigenvalue weighted by molar-refractivity contribution is -0.137. The molecular formula is C13H26N2O2S. The number of hydrogen-bond acceptors (Lipinski definition) is 4. The Labute approximate surface area is 115 Å². The molecule has 0 radical (unpaired) electrons. The summed E-state index contributed by atoms with van der Waals surface area (Å²) in [7, 11) is 0. The minimum atomic E-state index is -0.466. The average Bonchev–Trinajstić information content (AvgIpc) is 2.39. The van der Waals surface area contributed by atoms with Crippen molar-refractivity contribution >= 4 is 17.7 Å². The highest BCUT2D eigenvalue weighted by Gasteiger charge is 2.35. The molecule has 0 spiro atoms. The number of nitrogens with one attached hydrogen (secondary N) is 1. The van der Waals surface area contributed by atoms with Gasteiger partial charge in [-0.15, -0.1) is 0 Å². The fraction of sp³-hybridized carbons (Fsp3) is 0.923. The lowest BCUT2D eigenvalue weighted by Crippen LogP contribution is -2.57. The molecule has 0 aromatic rings. The van der Waals surface area contributed by atoms with E-state index in [1.165, 1.54) is 0 Å². The first-order valence-electron chi connectivity index (χ1n) is 6.87. The Hall–Kier alpha value is -0.260. The van der Waals surface area contributed by atoms with Crippen molar-refractivity contribution in [2.45, 2.75) is 38.6 Å². The number of hydrogen-bond donors (Lipinski definition) is 2. The second kappa shape index (κ2) is 8.02. The van der Waals surface area contributed by atoms with Gasteiger partial charge in [0.1, 0.15) is 0 Å². The summed E-state index contributed by atoms with van der Waals surface area (Å²) >= 11 is 1.91. The summed E-state index contributed by atoms with van der Waals surface area (Å²) in [5.74, 6) is 2.32. The third-order valence-corrected chi connectivity index (χ3v) is 4.31. The number of thioether (sulfide) groups is 1. The summed E-state index contributed by atoms with van der Waals surface area (Å²) in [6.45, 7) is 6.70. The predicted molar refractivity (Wildman–Crippen MR) is 76.9 cm³/mol.